The van der Waals surface area contributed by atoms with E-state index in [1.165, 1.54) is 0 Å². The molecule has 1 aliphatic carbocycles. The Kier molecular flexibility index (Phi) is 2.65. The van der Waals surface area contributed by atoms with Gasteiger partial charge in [-0.1, -0.05) is 0 Å². The lowest BCUT2D eigenvalue weighted by Crippen LogP contribution is -2.26. The zero-order chi connectivity index (χ0) is 12.7. The summed E-state index contributed by atoms with van der Waals surface area (Å²) in [5, 5.41) is 11.9. The smallest absolute Gasteiger partial charge is 0.394 e. The number of nitrogens with zero attached hydrogens (tertiary/aromatic N) is 1. The van der Waals surface area contributed by atoms with Crippen LogP contribution in [0, 0.1) is 0 Å². The molecule has 0 unspecified atom stereocenters. The van der Waals surface area contributed by atoms with Gasteiger partial charge < -0.3 is 16.2 Å². The molecule has 17 heavy (non-hydrogen) atoms. The molecule has 7 heteroatoms. The number of aromatic nitrogens is 1. The van der Waals surface area contributed by atoms with Crippen LogP contribution in [0.5, 0.6) is 0 Å². The molecule has 1 fully saturated rings. The number of rotatable bonds is 3. The number of aliphatic hydroxyl groups excluding tert-OH is 1. The van der Waals surface area contributed by atoms with Gasteiger partial charge >= 0.3 is 6.18 Å². The van der Waals surface area contributed by atoms with Crippen molar-refractivity contribution >= 4 is 11.6 Å². The van der Waals surface area contributed by atoms with Crippen molar-refractivity contribution in [3.63, 3.8) is 0 Å². The van der Waals surface area contributed by atoms with E-state index in [9.17, 15) is 13.2 Å². The second-order valence-electron chi connectivity index (χ2n) is 4.23. The molecule has 1 aromatic heterocycles. The van der Waals surface area contributed by atoms with Crippen LogP contribution in [0.1, 0.15) is 18.4 Å². The number of aliphatic hydroxyl groups is 1. The van der Waals surface area contributed by atoms with Gasteiger partial charge in [-0.25, -0.2) is 4.98 Å². The Morgan fingerprint density at radius 1 is 1.41 bits per heavy atom. The molecule has 0 aromatic carbocycles. The average molecular weight is 247 g/mol. The van der Waals surface area contributed by atoms with Gasteiger partial charge in [-0.05, 0) is 25.0 Å². The third kappa shape index (κ3) is 2.60. The first-order chi connectivity index (χ1) is 7.85. The Hall–Kier alpha value is -1.50. The van der Waals surface area contributed by atoms with Crippen LogP contribution in [-0.4, -0.2) is 22.2 Å². The summed E-state index contributed by atoms with van der Waals surface area (Å²) in [7, 11) is 0. The second kappa shape index (κ2) is 3.76. The lowest BCUT2D eigenvalue weighted by atomic mass is 10.2. The zero-order valence-electron chi connectivity index (χ0n) is 8.88. The van der Waals surface area contributed by atoms with E-state index in [4.69, 9.17) is 10.8 Å². The molecule has 2 rings (SSSR count). The third-order valence-electron chi connectivity index (χ3n) is 2.72. The number of hydrogen-bond acceptors (Lipinski definition) is 4. The summed E-state index contributed by atoms with van der Waals surface area (Å²) in [5.41, 5.74) is 3.95. The van der Waals surface area contributed by atoms with Gasteiger partial charge in [-0.2, -0.15) is 13.2 Å². The zero-order valence-corrected chi connectivity index (χ0v) is 8.88. The Labute approximate surface area is 95.7 Å². The quantitative estimate of drug-likeness (QED) is 0.759. The van der Waals surface area contributed by atoms with Crippen LogP contribution in [0.15, 0.2) is 12.1 Å². The predicted octanol–water partition coefficient (Wildman–Crippen LogP) is 1.62. The van der Waals surface area contributed by atoms with Crippen molar-refractivity contribution in [1.29, 1.82) is 0 Å². The molecule has 4 N–H and O–H groups in total. The number of nitrogens with two attached hydrogens (primary N) is 1. The first-order valence-corrected chi connectivity index (χ1v) is 5.08. The number of halogens is 3. The van der Waals surface area contributed by atoms with E-state index in [1.54, 1.807) is 0 Å². The molecular weight excluding hydrogens is 235 g/mol. The van der Waals surface area contributed by atoms with Gasteiger partial charge in [0.05, 0.1) is 17.7 Å². The van der Waals surface area contributed by atoms with Crippen LogP contribution in [0.25, 0.3) is 0 Å². The van der Waals surface area contributed by atoms with Gasteiger partial charge in [0.1, 0.15) is 11.6 Å². The fourth-order valence-corrected chi connectivity index (χ4v) is 1.52. The predicted molar refractivity (Wildman–Crippen MR) is 56.3 cm³/mol. The van der Waals surface area contributed by atoms with Gasteiger partial charge in [0.25, 0.3) is 0 Å². The van der Waals surface area contributed by atoms with E-state index in [2.05, 4.69) is 10.3 Å². The van der Waals surface area contributed by atoms with Gasteiger partial charge in [-0.3, -0.25) is 0 Å². The second-order valence-corrected chi connectivity index (χ2v) is 4.23. The molecule has 1 heterocycles. The Bertz CT molecular complexity index is 429. The summed E-state index contributed by atoms with van der Waals surface area (Å²) in [6, 6.07) is 1.68. The lowest BCUT2D eigenvalue weighted by Gasteiger charge is -2.16. The molecule has 4 nitrogen and oxygen atoms in total. The highest BCUT2D eigenvalue weighted by Gasteiger charge is 2.42. The van der Waals surface area contributed by atoms with Gasteiger partial charge in [0.15, 0.2) is 0 Å². The highest BCUT2D eigenvalue weighted by molar-refractivity contribution is 5.50. The first kappa shape index (κ1) is 12.0. The van der Waals surface area contributed by atoms with Crippen LogP contribution in [0.4, 0.5) is 24.8 Å². The molecule has 1 saturated carbocycles. The number of nitrogens with one attached hydrogen (secondary N) is 1. The van der Waals surface area contributed by atoms with E-state index in [-0.39, 0.29) is 18.2 Å². The SMILES string of the molecule is Nc1cc(C(F)(F)F)cc(NC2(CO)CC2)n1. The summed E-state index contributed by atoms with van der Waals surface area (Å²) >= 11 is 0. The van der Waals surface area contributed by atoms with Crippen molar-refractivity contribution in [2.24, 2.45) is 0 Å². The molecule has 0 amide bonds. The highest BCUT2D eigenvalue weighted by atomic mass is 19.4. The number of pyridine rings is 1. The van der Waals surface area contributed by atoms with Crippen molar-refractivity contribution in [2.75, 3.05) is 17.7 Å². The fraction of sp³-hybridized carbons (Fsp3) is 0.500. The molecule has 0 spiro atoms. The maximum absolute atomic E-state index is 12.5. The minimum Gasteiger partial charge on any atom is -0.394 e. The highest BCUT2D eigenvalue weighted by Crippen LogP contribution is 2.39. The van der Waals surface area contributed by atoms with Crippen LogP contribution in [0.3, 0.4) is 0 Å². The van der Waals surface area contributed by atoms with E-state index in [0.29, 0.717) is 12.8 Å². The molecule has 1 aliphatic rings. The topological polar surface area (TPSA) is 71.2 Å². The molecule has 0 radical (unpaired) electrons. The molecule has 0 saturated heterocycles. The fourth-order valence-electron chi connectivity index (χ4n) is 1.52. The number of nitrogen functional groups attached to an aromatic ring is 1. The normalized spacial score (nSPS) is 17.9. The summed E-state index contributed by atoms with van der Waals surface area (Å²) in [4.78, 5) is 3.78. The number of alkyl halides is 3. The molecule has 0 aliphatic heterocycles. The summed E-state index contributed by atoms with van der Waals surface area (Å²) in [6.07, 6.45) is -3.04. The largest absolute Gasteiger partial charge is 0.416 e. The summed E-state index contributed by atoms with van der Waals surface area (Å²) in [5.74, 6) is -0.153. The van der Waals surface area contributed by atoms with Crippen LogP contribution >= 0.6 is 0 Å². The van der Waals surface area contributed by atoms with E-state index >= 15 is 0 Å². The van der Waals surface area contributed by atoms with Crippen molar-refractivity contribution < 1.29 is 18.3 Å². The van der Waals surface area contributed by atoms with E-state index in [0.717, 1.165) is 12.1 Å². The number of hydrogen-bond donors (Lipinski definition) is 3. The molecule has 1 aromatic rings. The van der Waals surface area contributed by atoms with Crippen molar-refractivity contribution in [2.45, 2.75) is 24.6 Å². The summed E-state index contributed by atoms with van der Waals surface area (Å²) < 4.78 is 37.6. The first-order valence-electron chi connectivity index (χ1n) is 5.08. The van der Waals surface area contributed by atoms with E-state index < -0.39 is 17.3 Å². The van der Waals surface area contributed by atoms with Gasteiger partial charge in [0.2, 0.25) is 0 Å². The van der Waals surface area contributed by atoms with Crippen LogP contribution in [0.2, 0.25) is 0 Å². The van der Waals surface area contributed by atoms with Crippen LogP contribution < -0.4 is 11.1 Å². The molecule has 0 bridgehead atoms. The summed E-state index contributed by atoms with van der Waals surface area (Å²) in [6.45, 7) is -0.134. The Morgan fingerprint density at radius 2 is 2.06 bits per heavy atom. The minimum atomic E-state index is -4.45. The third-order valence-corrected chi connectivity index (χ3v) is 2.72. The average Bonchev–Trinajstić information content (AvgIpc) is 2.96. The standard InChI is InChI=1S/C10H12F3N3O/c11-10(12,13)6-3-7(14)15-8(4-6)16-9(5-17)1-2-9/h3-4,17H,1-2,5H2,(H3,14,15,16). The molecule has 0 atom stereocenters. The number of anilines is 2. The lowest BCUT2D eigenvalue weighted by molar-refractivity contribution is -0.137. The van der Waals surface area contributed by atoms with E-state index in [1.807, 2.05) is 0 Å². The monoisotopic (exact) mass is 247 g/mol. The Balaban J connectivity index is 2.26. The van der Waals surface area contributed by atoms with Crippen molar-refractivity contribution in [3.05, 3.63) is 17.7 Å². The van der Waals surface area contributed by atoms with Crippen LogP contribution in [-0.2, 0) is 6.18 Å². The minimum absolute atomic E-state index is 0.0453. The maximum Gasteiger partial charge on any atom is 0.416 e. The Morgan fingerprint density at radius 3 is 2.53 bits per heavy atom. The van der Waals surface area contributed by atoms with Crippen molar-refractivity contribution in [1.82, 2.24) is 4.98 Å². The van der Waals surface area contributed by atoms with Crippen molar-refractivity contribution in [3.8, 4) is 0 Å². The van der Waals surface area contributed by atoms with Gasteiger partial charge in [0, 0.05) is 0 Å². The molecule has 94 valence electrons. The van der Waals surface area contributed by atoms with Gasteiger partial charge in [-0.15, -0.1) is 0 Å². The maximum atomic E-state index is 12.5. The molecular formula is C10H12F3N3O.